The topological polar surface area (TPSA) is 70.6 Å². The van der Waals surface area contributed by atoms with Gasteiger partial charge in [0.2, 0.25) is 0 Å². The van der Waals surface area contributed by atoms with Gasteiger partial charge < -0.3 is 20.5 Å². The normalized spacial score (nSPS) is 12.6. The highest BCUT2D eigenvalue weighted by Crippen LogP contribution is 2.20. The lowest BCUT2D eigenvalue weighted by atomic mass is 9.89. The summed E-state index contributed by atoms with van der Waals surface area (Å²) in [6, 6.07) is 7.14. The maximum Gasteiger partial charge on any atom is 0.319 e. The summed E-state index contributed by atoms with van der Waals surface area (Å²) in [5, 5.41) is 14.8. The number of carbonyl (C=O) groups excluding carboxylic acids is 1. The fourth-order valence-electron chi connectivity index (χ4n) is 1.96. The lowest BCUT2D eigenvalue weighted by Gasteiger charge is -2.21. The molecule has 0 fully saturated rings. The van der Waals surface area contributed by atoms with Crippen LogP contribution < -0.4 is 15.4 Å². The number of nitrogens with one attached hydrogen (secondary N) is 2. The standard InChI is InChI=1S/C18H30N2O3/c1-5-14(2)23-16-9-7-15(8-10-16)20-17(22)19-12-6-11-18(3,4)13-21/h7-10,14,21H,5-6,11-13H2,1-4H3,(H2,19,20,22). The van der Waals surface area contributed by atoms with E-state index in [1.165, 1.54) is 0 Å². The first-order chi connectivity index (χ1) is 10.9. The van der Waals surface area contributed by atoms with Gasteiger partial charge in [0.25, 0.3) is 0 Å². The Morgan fingerprint density at radius 2 is 1.96 bits per heavy atom. The summed E-state index contributed by atoms with van der Waals surface area (Å²) in [6.45, 7) is 8.87. The van der Waals surface area contributed by atoms with Crippen molar-refractivity contribution in [2.45, 2.75) is 53.1 Å². The molecule has 0 heterocycles. The SMILES string of the molecule is CCC(C)Oc1ccc(NC(=O)NCCCC(C)(C)CO)cc1. The number of anilines is 1. The molecule has 1 aromatic rings. The molecule has 23 heavy (non-hydrogen) atoms. The third-order valence-electron chi connectivity index (χ3n) is 3.77. The Morgan fingerprint density at radius 3 is 2.52 bits per heavy atom. The second-order valence-corrected chi connectivity index (χ2v) is 6.67. The predicted octanol–water partition coefficient (Wildman–Crippen LogP) is 3.78. The van der Waals surface area contributed by atoms with E-state index in [0.29, 0.717) is 6.54 Å². The van der Waals surface area contributed by atoms with Gasteiger partial charge in [0.15, 0.2) is 0 Å². The van der Waals surface area contributed by atoms with Crippen LogP contribution in [0.4, 0.5) is 10.5 Å². The first-order valence-electron chi connectivity index (χ1n) is 8.28. The summed E-state index contributed by atoms with van der Waals surface area (Å²) in [5.41, 5.74) is 0.638. The molecule has 0 radical (unpaired) electrons. The van der Waals surface area contributed by atoms with Crippen LogP contribution in [0.3, 0.4) is 0 Å². The summed E-state index contributed by atoms with van der Waals surface area (Å²) < 4.78 is 5.70. The smallest absolute Gasteiger partial charge is 0.319 e. The predicted molar refractivity (Wildman–Crippen MR) is 93.9 cm³/mol. The van der Waals surface area contributed by atoms with Crippen molar-refractivity contribution < 1.29 is 14.6 Å². The van der Waals surface area contributed by atoms with Crippen molar-refractivity contribution in [3.05, 3.63) is 24.3 Å². The van der Waals surface area contributed by atoms with E-state index >= 15 is 0 Å². The summed E-state index contributed by atoms with van der Waals surface area (Å²) in [4.78, 5) is 11.8. The number of ether oxygens (including phenoxy) is 1. The molecule has 2 amide bonds. The minimum absolute atomic E-state index is 0.0936. The summed E-state index contributed by atoms with van der Waals surface area (Å²) in [5.74, 6) is 0.802. The zero-order chi connectivity index (χ0) is 17.3. The number of hydrogen-bond acceptors (Lipinski definition) is 3. The van der Waals surface area contributed by atoms with Crippen LogP contribution in [0.25, 0.3) is 0 Å². The molecule has 1 unspecified atom stereocenters. The number of rotatable bonds is 9. The van der Waals surface area contributed by atoms with Gasteiger partial charge in [-0.15, -0.1) is 0 Å². The minimum atomic E-state index is -0.220. The Labute approximate surface area is 139 Å². The largest absolute Gasteiger partial charge is 0.491 e. The molecule has 130 valence electrons. The number of benzene rings is 1. The highest BCUT2D eigenvalue weighted by molar-refractivity contribution is 5.89. The van der Waals surface area contributed by atoms with Gasteiger partial charge in [-0.25, -0.2) is 4.79 Å². The quantitative estimate of drug-likeness (QED) is 0.606. The van der Waals surface area contributed by atoms with Crippen LogP contribution in [0.1, 0.15) is 47.0 Å². The van der Waals surface area contributed by atoms with Crippen LogP contribution in [0, 0.1) is 5.41 Å². The molecule has 0 saturated carbocycles. The molecule has 0 aliphatic carbocycles. The molecule has 0 bridgehead atoms. The average Bonchev–Trinajstić information content (AvgIpc) is 2.53. The highest BCUT2D eigenvalue weighted by Gasteiger charge is 2.15. The lowest BCUT2D eigenvalue weighted by molar-refractivity contribution is 0.148. The van der Waals surface area contributed by atoms with Crippen molar-refractivity contribution in [1.82, 2.24) is 5.32 Å². The third-order valence-corrected chi connectivity index (χ3v) is 3.77. The van der Waals surface area contributed by atoms with Gasteiger partial charge in [-0.1, -0.05) is 20.8 Å². The Kier molecular flexibility index (Phi) is 7.89. The molecule has 0 aromatic heterocycles. The number of aliphatic hydroxyl groups is 1. The second-order valence-electron chi connectivity index (χ2n) is 6.67. The molecule has 3 N–H and O–H groups in total. The molecule has 0 aliphatic heterocycles. The zero-order valence-electron chi connectivity index (χ0n) is 14.7. The Balaban J connectivity index is 2.31. The van der Waals surface area contributed by atoms with E-state index in [2.05, 4.69) is 17.6 Å². The average molecular weight is 322 g/mol. The molecule has 0 aliphatic rings. The summed E-state index contributed by atoms with van der Waals surface area (Å²) >= 11 is 0. The fraction of sp³-hybridized carbons (Fsp3) is 0.611. The molecule has 5 heteroatoms. The number of aliphatic hydroxyl groups excluding tert-OH is 1. The lowest BCUT2D eigenvalue weighted by Crippen LogP contribution is -2.30. The van der Waals surface area contributed by atoms with Gasteiger partial charge in [0.1, 0.15) is 5.75 Å². The molecule has 1 atom stereocenters. The molecular weight excluding hydrogens is 292 g/mol. The van der Waals surface area contributed by atoms with Crippen molar-refractivity contribution in [3.8, 4) is 5.75 Å². The number of urea groups is 1. The molecule has 1 rings (SSSR count). The summed E-state index contributed by atoms with van der Waals surface area (Å²) in [7, 11) is 0. The third kappa shape index (κ3) is 7.88. The van der Waals surface area contributed by atoms with Gasteiger partial charge in [-0.05, 0) is 55.9 Å². The van der Waals surface area contributed by atoms with Gasteiger partial charge in [-0.2, -0.15) is 0 Å². The van der Waals surface area contributed by atoms with Crippen LogP contribution in [-0.4, -0.2) is 30.4 Å². The van der Waals surface area contributed by atoms with E-state index in [-0.39, 0.29) is 24.2 Å². The molecule has 0 saturated heterocycles. The van der Waals surface area contributed by atoms with E-state index < -0.39 is 0 Å². The van der Waals surface area contributed by atoms with Gasteiger partial charge >= 0.3 is 6.03 Å². The van der Waals surface area contributed by atoms with Crippen LogP contribution in [0.5, 0.6) is 5.75 Å². The first-order valence-corrected chi connectivity index (χ1v) is 8.28. The van der Waals surface area contributed by atoms with Crippen LogP contribution in [-0.2, 0) is 0 Å². The number of hydrogen-bond donors (Lipinski definition) is 3. The van der Waals surface area contributed by atoms with E-state index in [0.717, 1.165) is 30.7 Å². The zero-order valence-corrected chi connectivity index (χ0v) is 14.7. The van der Waals surface area contributed by atoms with Crippen molar-refractivity contribution in [2.24, 2.45) is 5.41 Å². The minimum Gasteiger partial charge on any atom is -0.491 e. The van der Waals surface area contributed by atoms with E-state index in [1.807, 2.05) is 45.0 Å². The molecule has 5 nitrogen and oxygen atoms in total. The van der Waals surface area contributed by atoms with Crippen molar-refractivity contribution >= 4 is 11.7 Å². The monoisotopic (exact) mass is 322 g/mol. The molecule has 0 spiro atoms. The van der Waals surface area contributed by atoms with Crippen molar-refractivity contribution in [1.29, 1.82) is 0 Å². The van der Waals surface area contributed by atoms with E-state index in [1.54, 1.807) is 0 Å². The van der Waals surface area contributed by atoms with Crippen LogP contribution >= 0.6 is 0 Å². The van der Waals surface area contributed by atoms with Crippen LogP contribution in [0.2, 0.25) is 0 Å². The highest BCUT2D eigenvalue weighted by atomic mass is 16.5. The van der Waals surface area contributed by atoms with Crippen LogP contribution in [0.15, 0.2) is 24.3 Å². The molecular formula is C18H30N2O3. The van der Waals surface area contributed by atoms with Crippen molar-refractivity contribution in [3.63, 3.8) is 0 Å². The maximum absolute atomic E-state index is 11.8. The Hall–Kier alpha value is -1.75. The van der Waals surface area contributed by atoms with Gasteiger partial charge in [0, 0.05) is 18.8 Å². The second kappa shape index (κ2) is 9.40. The maximum atomic E-state index is 11.8. The van der Waals surface area contributed by atoms with Gasteiger partial charge in [0.05, 0.1) is 6.10 Å². The Morgan fingerprint density at radius 1 is 1.30 bits per heavy atom. The molecule has 1 aromatic carbocycles. The van der Waals surface area contributed by atoms with Crippen molar-refractivity contribution in [2.75, 3.05) is 18.5 Å². The first kappa shape index (κ1) is 19.3. The Bertz CT molecular complexity index is 472. The van der Waals surface area contributed by atoms with Gasteiger partial charge in [-0.3, -0.25) is 0 Å². The van der Waals surface area contributed by atoms with E-state index in [9.17, 15) is 9.90 Å². The fourth-order valence-corrected chi connectivity index (χ4v) is 1.96. The summed E-state index contributed by atoms with van der Waals surface area (Å²) in [6.07, 6.45) is 2.84. The number of carbonyl (C=O) groups is 1. The van der Waals surface area contributed by atoms with E-state index in [4.69, 9.17) is 4.74 Å². The number of amides is 2.